The van der Waals surface area contributed by atoms with Crippen LogP contribution in [0.2, 0.25) is 0 Å². The van der Waals surface area contributed by atoms with E-state index < -0.39 is 29.6 Å². The van der Waals surface area contributed by atoms with E-state index in [0.29, 0.717) is 36.8 Å². The number of alkyl halides is 3. The molecular weight excluding hydrogens is 477 g/mol. The highest BCUT2D eigenvalue weighted by atomic mass is 19.4. The summed E-state index contributed by atoms with van der Waals surface area (Å²) in [5, 5.41) is 2.79. The Hall–Kier alpha value is -4.19. The standard InChI is InChI=1S/C24H23F3N6O3/c1-32-10-11-33(21(13-32)22(28)34)20-12-17(36-16-4-2-15(3-5-16)24(25,26)27)6-7-18(20)31-23(35)19-8-9-29-14-30-19/h2-9,12,14,21H,10-11,13H2,1H3,(H2,28,34)(H,31,35). The molecule has 0 spiro atoms. The number of hydrogen-bond acceptors (Lipinski definition) is 7. The number of nitrogens with one attached hydrogen (secondary N) is 1. The minimum atomic E-state index is -4.46. The molecule has 2 amide bonds. The number of ether oxygens (including phenoxy) is 1. The summed E-state index contributed by atoms with van der Waals surface area (Å²) in [6.07, 6.45) is -1.77. The van der Waals surface area contributed by atoms with Crippen molar-refractivity contribution >= 4 is 23.2 Å². The van der Waals surface area contributed by atoms with E-state index in [2.05, 4.69) is 15.3 Å². The fourth-order valence-electron chi connectivity index (χ4n) is 3.83. The number of piperazine rings is 1. The van der Waals surface area contributed by atoms with Crippen molar-refractivity contribution in [2.24, 2.45) is 5.73 Å². The maximum absolute atomic E-state index is 12.9. The van der Waals surface area contributed by atoms with Crippen molar-refractivity contribution in [1.29, 1.82) is 0 Å². The average Bonchev–Trinajstić information content (AvgIpc) is 2.85. The fourth-order valence-corrected chi connectivity index (χ4v) is 3.83. The number of anilines is 2. The Kier molecular flexibility index (Phi) is 7.06. The van der Waals surface area contributed by atoms with Crippen molar-refractivity contribution < 1.29 is 27.5 Å². The zero-order chi connectivity index (χ0) is 25.9. The van der Waals surface area contributed by atoms with Gasteiger partial charge in [0, 0.05) is 31.9 Å². The predicted octanol–water partition coefficient (Wildman–Crippen LogP) is 3.15. The second-order valence-corrected chi connectivity index (χ2v) is 8.23. The molecule has 0 aliphatic carbocycles. The summed E-state index contributed by atoms with van der Waals surface area (Å²) < 4.78 is 44.4. The van der Waals surface area contributed by atoms with Gasteiger partial charge in [-0.1, -0.05) is 0 Å². The van der Waals surface area contributed by atoms with Crippen molar-refractivity contribution in [2.75, 3.05) is 36.9 Å². The summed E-state index contributed by atoms with van der Waals surface area (Å²) in [6, 6.07) is 9.82. The third-order valence-electron chi connectivity index (χ3n) is 5.67. The van der Waals surface area contributed by atoms with Crippen LogP contribution in [0.15, 0.2) is 61.1 Å². The molecule has 0 radical (unpaired) electrons. The van der Waals surface area contributed by atoms with Gasteiger partial charge in [0.15, 0.2) is 0 Å². The first kappa shape index (κ1) is 24.9. The molecule has 1 unspecified atom stereocenters. The molecule has 9 nitrogen and oxygen atoms in total. The predicted molar refractivity (Wildman–Crippen MR) is 126 cm³/mol. The highest BCUT2D eigenvalue weighted by Gasteiger charge is 2.32. The van der Waals surface area contributed by atoms with Gasteiger partial charge < -0.3 is 25.6 Å². The minimum Gasteiger partial charge on any atom is -0.457 e. The van der Waals surface area contributed by atoms with E-state index in [9.17, 15) is 22.8 Å². The number of aromatic nitrogens is 2. The zero-order valence-corrected chi connectivity index (χ0v) is 19.2. The number of rotatable bonds is 6. The smallest absolute Gasteiger partial charge is 0.416 e. The molecule has 4 rings (SSSR count). The van der Waals surface area contributed by atoms with Crippen LogP contribution in [0.3, 0.4) is 0 Å². The lowest BCUT2D eigenvalue weighted by Crippen LogP contribution is -2.57. The van der Waals surface area contributed by atoms with Gasteiger partial charge in [-0.25, -0.2) is 9.97 Å². The first-order valence-electron chi connectivity index (χ1n) is 10.9. The molecule has 2 heterocycles. The Morgan fingerprint density at radius 2 is 1.81 bits per heavy atom. The van der Waals surface area contributed by atoms with Gasteiger partial charge in [-0.15, -0.1) is 0 Å². The van der Waals surface area contributed by atoms with Crippen LogP contribution >= 0.6 is 0 Å². The summed E-state index contributed by atoms with van der Waals surface area (Å²) in [6.45, 7) is 1.44. The molecule has 0 saturated carbocycles. The molecule has 0 bridgehead atoms. The van der Waals surface area contributed by atoms with Crippen LogP contribution in [-0.2, 0) is 11.0 Å². The van der Waals surface area contributed by atoms with Crippen LogP contribution in [0.5, 0.6) is 11.5 Å². The van der Waals surface area contributed by atoms with Crippen LogP contribution in [0, 0.1) is 0 Å². The number of amides is 2. The first-order valence-corrected chi connectivity index (χ1v) is 10.9. The van der Waals surface area contributed by atoms with Gasteiger partial charge in [0.2, 0.25) is 5.91 Å². The molecule has 188 valence electrons. The van der Waals surface area contributed by atoms with Crippen LogP contribution in [0.25, 0.3) is 0 Å². The number of nitrogens with two attached hydrogens (primary N) is 1. The Labute approximate surface area is 204 Å². The molecule has 36 heavy (non-hydrogen) atoms. The molecule has 12 heteroatoms. The highest BCUT2D eigenvalue weighted by Crippen LogP contribution is 2.36. The molecule has 3 aromatic rings. The number of benzene rings is 2. The average molecular weight is 500 g/mol. The minimum absolute atomic E-state index is 0.144. The van der Waals surface area contributed by atoms with E-state index in [-0.39, 0.29) is 11.4 Å². The number of primary amides is 1. The van der Waals surface area contributed by atoms with Crippen LogP contribution in [0.1, 0.15) is 16.1 Å². The van der Waals surface area contributed by atoms with Crippen molar-refractivity contribution in [2.45, 2.75) is 12.2 Å². The van der Waals surface area contributed by atoms with Gasteiger partial charge in [-0.3, -0.25) is 9.59 Å². The molecular formula is C24H23F3N6O3. The maximum atomic E-state index is 12.9. The lowest BCUT2D eigenvalue weighted by Gasteiger charge is -2.40. The topological polar surface area (TPSA) is 114 Å². The lowest BCUT2D eigenvalue weighted by atomic mass is 10.1. The molecule has 1 atom stereocenters. The number of carbonyl (C=O) groups excluding carboxylic acids is 2. The fraction of sp³-hybridized carbons (Fsp3) is 0.250. The van der Waals surface area contributed by atoms with E-state index >= 15 is 0 Å². The second-order valence-electron chi connectivity index (χ2n) is 8.23. The number of hydrogen-bond donors (Lipinski definition) is 2. The van der Waals surface area contributed by atoms with Gasteiger partial charge in [0.1, 0.15) is 29.6 Å². The van der Waals surface area contributed by atoms with Gasteiger partial charge in [0.05, 0.1) is 16.9 Å². The van der Waals surface area contributed by atoms with Crippen molar-refractivity contribution in [3.63, 3.8) is 0 Å². The van der Waals surface area contributed by atoms with Gasteiger partial charge in [0.25, 0.3) is 5.91 Å². The Balaban J connectivity index is 1.67. The molecule has 1 saturated heterocycles. The van der Waals surface area contributed by atoms with E-state index in [1.807, 2.05) is 11.9 Å². The normalized spacial score (nSPS) is 16.4. The largest absolute Gasteiger partial charge is 0.457 e. The van der Waals surface area contributed by atoms with Gasteiger partial charge in [-0.05, 0) is 49.5 Å². The van der Waals surface area contributed by atoms with E-state index in [1.165, 1.54) is 30.7 Å². The van der Waals surface area contributed by atoms with E-state index in [4.69, 9.17) is 10.5 Å². The third-order valence-corrected chi connectivity index (χ3v) is 5.67. The number of likely N-dealkylation sites (N-methyl/N-ethyl adjacent to an activating group) is 1. The number of nitrogens with zero attached hydrogens (tertiary/aromatic N) is 4. The summed E-state index contributed by atoms with van der Waals surface area (Å²) in [4.78, 5) is 36.5. The zero-order valence-electron chi connectivity index (χ0n) is 19.2. The molecule has 3 N–H and O–H groups in total. The Bertz CT molecular complexity index is 1240. The summed E-state index contributed by atoms with van der Waals surface area (Å²) in [7, 11) is 1.87. The molecule has 2 aromatic carbocycles. The highest BCUT2D eigenvalue weighted by molar-refractivity contribution is 6.05. The van der Waals surface area contributed by atoms with Gasteiger partial charge in [-0.2, -0.15) is 13.2 Å². The van der Waals surface area contributed by atoms with Crippen LogP contribution in [0.4, 0.5) is 24.5 Å². The summed E-state index contributed by atoms with van der Waals surface area (Å²) in [5.41, 5.74) is 5.88. The SMILES string of the molecule is CN1CCN(c2cc(Oc3ccc(C(F)(F)F)cc3)ccc2NC(=O)c2ccncn2)C(C(N)=O)C1. The van der Waals surface area contributed by atoms with E-state index in [1.54, 1.807) is 23.1 Å². The van der Waals surface area contributed by atoms with E-state index in [0.717, 1.165) is 12.1 Å². The Morgan fingerprint density at radius 3 is 2.44 bits per heavy atom. The van der Waals surface area contributed by atoms with Crippen molar-refractivity contribution in [1.82, 2.24) is 14.9 Å². The molecule has 1 fully saturated rings. The van der Waals surface area contributed by atoms with Crippen LogP contribution < -0.4 is 20.7 Å². The lowest BCUT2D eigenvalue weighted by molar-refractivity contribution is -0.137. The molecule has 1 aliphatic heterocycles. The molecule has 1 aromatic heterocycles. The summed E-state index contributed by atoms with van der Waals surface area (Å²) in [5.74, 6) is -0.535. The molecule has 1 aliphatic rings. The van der Waals surface area contributed by atoms with Crippen LogP contribution in [-0.4, -0.2) is 59.4 Å². The third kappa shape index (κ3) is 5.71. The maximum Gasteiger partial charge on any atom is 0.416 e. The van der Waals surface area contributed by atoms with Gasteiger partial charge >= 0.3 is 6.18 Å². The summed E-state index contributed by atoms with van der Waals surface area (Å²) >= 11 is 0. The quantitative estimate of drug-likeness (QED) is 0.535. The van der Waals surface area contributed by atoms with Crippen molar-refractivity contribution in [3.8, 4) is 11.5 Å². The second kappa shape index (κ2) is 10.2. The Morgan fingerprint density at radius 1 is 1.08 bits per heavy atom. The van der Waals surface area contributed by atoms with Crippen molar-refractivity contribution in [3.05, 3.63) is 72.3 Å². The monoisotopic (exact) mass is 500 g/mol. The number of carbonyl (C=O) groups is 2. The number of halogens is 3. The first-order chi connectivity index (χ1) is 17.1.